The van der Waals surface area contributed by atoms with Gasteiger partial charge in [-0.2, -0.15) is 5.11 Å². The van der Waals surface area contributed by atoms with Crippen LogP contribution in [0.5, 0.6) is 0 Å². The second kappa shape index (κ2) is 6.05. The Bertz CT molecular complexity index is 920. The van der Waals surface area contributed by atoms with Gasteiger partial charge in [-0.3, -0.25) is 9.59 Å². The second-order valence-electron chi connectivity index (χ2n) is 6.69. The van der Waals surface area contributed by atoms with Crippen LogP contribution in [-0.4, -0.2) is 23.9 Å². The van der Waals surface area contributed by atoms with Crippen LogP contribution in [0.3, 0.4) is 0 Å². The van der Waals surface area contributed by atoms with Crippen molar-refractivity contribution in [2.45, 2.75) is 39.3 Å². The van der Waals surface area contributed by atoms with E-state index in [-0.39, 0.29) is 11.8 Å². The summed E-state index contributed by atoms with van der Waals surface area (Å²) in [6, 6.07) is 11.8. The smallest absolute Gasteiger partial charge is 0.263 e. The average Bonchev–Trinajstić information content (AvgIpc) is 3.18. The maximum atomic E-state index is 13.1. The van der Waals surface area contributed by atoms with Crippen molar-refractivity contribution in [1.82, 2.24) is 0 Å². The minimum Gasteiger partial charge on any atom is -0.271 e. The maximum Gasteiger partial charge on any atom is 0.263 e. The Labute approximate surface area is 152 Å². The average molecular weight is 348 g/mol. The summed E-state index contributed by atoms with van der Waals surface area (Å²) in [6.45, 7) is 6.05. The summed E-state index contributed by atoms with van der Waals surface area (Å²) in [5, 5.41) is 9.84. The van der Waals surface area contributed by atoms with Gasteiger partial charge in [0.05, 0.1) is 11.4 Å². The minimum absolute atomic E-state index is 0.282. The predicted octanol–water partition coefficient (Wildman–Crippen LogP) is 3.36. The van der Waals surface area contributed by atoms with E-state index in [4.69, 9.17) is 0 Å². The summed E-state index contributed by atoms with van der Waals surface area (Å²) in [5.74, 6) is -0.601. The fraction of sp³-hybridized carbons (Fsp3) is 0.300. The molecule has 2 aromatic carbocycles. The van der Waals surface area contributed by atoms with Gasteiger partial charge in [-0.25, -0.2) is 9.91 Å². The first-order chi connectivity index (χ1) is 12.5. The molecular formula is C20H20N4O2. The van der Waals surface area contributed by atoms with Crippen LogP contribution in [0, 0.1) is 13.8 Å². The van der Waals surface area contributed by atoms with Gasteiger partial charge in [-0.05, 0) is 55.2 Å². The minimum atomic E-state index is -0.784. The summed E-state index contributed by atoms with van der Waals surface area (Å²) in [6.07, 6.45) is 0.905. The maximum absolute atomic E-state index is 13.1. The highest BCUT2D eigenvalue weighted by Crippen LogP contribution is 2.36. The number of hydrogen-bond acceptors (Lipinski definition) is 5. The molecule has 2 atom stereocenters. The molecule has 0 N–H and O–H groups in total. The van der Waals surface area contributed by atoms with Gasteiger partial charge in [0, 0.05) is 0 Å². The summed E-state index contributed by atoms with van der Waals surface area (Å²) < 4.78 is 0. The van der Waals surface area contributed by atoms with Crippen molar-refractivity contribution in [1.29, 1.82) is 0 Å². The van der Waals surface area contributed by atoms with E-state index < -0.39 is 12.1 Å². The first-order valence-corrected chi connectivity index (χ1v) is 8.76. The van der Waals surface area contributed by atoms with Crippen LogP contribution in [0.1, 0.15) is 23.6 Å². The third-order valence-corrected chi connectivity index (χ3v) is 5.21. The molecule has 132 valence electrons. The fourth-order valence-electron chi connectivity index (χ4n) is 3.48. The summed E-state index contributed by atoms with van der Waals surface area (Å²) in [5.41, 5.74) is 4.68. The monoisotopic (exact) mass is 348 g/mol. The number of aryl methyl sites for hydroxylation is 2. The third-order valence-electron chi connectivity index (χ3n) is 5.21. The molecule has 2 unspecified atom stereocenters. The van der Waals surface area contributed by atoms with E-state index in [9.17, 15) is 9.59 Å². The molecular weight excluding hydrogens is 328 g/mol. The molecule has 2 aromatic rings. The van der Waals surface area contributed by atoms with E-state index in [0.717, 1.165) is 28.8 Å². The van der Waals surface area contributed by atoms with Crippen molar-refractivity contribution in [2.24, 2.45) is 10.3 Å². The number of amides is 2. The van der Waals surface area contributed by atoms with E-state index in [1.807, 2.05) is 56.3 Å². The van der Waals surface area contributed by atoms with Gasteiger partial charge in [0.25, 0.3) is 11.8 Å². The standard InChI is InChI=1S/C20H20N4O2/c1-4-14-8-10-15(11-9-14)23-19(25)17-18(20(23)26)24(22-21-17)16-7-5-6-12(2)13(16)3/h5-11,17-18H,4H2,1-3H3. The van der Waals surface area contributed by atoms with Gasteiger partial charge < -0.3 is 0 Å². The SMILES string of the molecule is CCc1ccc(N2C(=O)C3N=NN(c4cccc(C)c4C)C3C2=O)cc1. The fourth-order valence-corrected chi connectivity index (χ4v) is 3.48. The van der Waals surface area contributed by atoms with E-state index in [2.05, 4.69) is 17.3 Å². The van der Waals surface area contributed by atoms with Crippen molar-refractivity contribution >= 4 is 23.2 Å². The zero-order chi connectivity index (χ0) is 18.4. The lowest BCUT2D eigenvalue weighted by molar-refractivity contribution is -0.121. The Morgan fingerprint density at radius 3 is 2.42 bits per heavy atom. The molecule has 0 bridgehead atoms. The van der Waals surface area contributed by atoms with Gasteiger partial charge in [0.15, 0.2) is 12.1 Å². The van der Waals surface area contributed by atoms with E-state index in [1.165, 1.54) is 4.90 Å². The highest BCUT2D eigenvalue weighted by Gasteiger charge is 2.55. The molecule has 2 aliphatic rings. The first-order valence-electron chi connectivity index (χ1n) is 8.76. The molecule has 0 aliphatic carbocycles. The molecule has 4 rings (SSSR count). The Morgan fingerprint density at radius 2 is 1.73 bits per heavy atom. The normalized spacial score (nSPS) is 21.7. The number of nitrogens with zero attached hydrogens (tertiary/aromatic N) is 4. The molecule has 6 nitrogen and oxygen atoms in total. The number of fused-ring (bicyclic) bond motifs is 1. The number of benzene rings is 2. The molecule has 0 radical (unpaired) electrons. The highest BCUT2D eigenvalue weighted by molar-refractivity contribution is 6.26. The molecule has 1 saturated heterocycles. The molecule has 2 amide bonds. The van der Waals surface area contributed by atoms with Crippen LogP contribution in [0.4, 0.5) is 11.4 Å². The quantitative estimate of drug-likeness (QED) is 0.799. The van der Waals surface area contributed by atoms with Gasteiger partial charge in [0.1, 0.15) is 0 Å². The molecule has 6 heteroatoms. The van der Waals surface area contributed by atoms with E-state index >= 15 is 0 Å². The molecule has 1 fully saturated rings. The molecule has 26 heavy (non-hydrogen) atoms. The van der Waals surface area contributed by atoms with Crippen LogP contribution >= 0.6 is 0 Å². The van der Waals surface area contributed by atoms with Crippen molar-refractivity contribution in [3.63, 3.8) is 0 Å². The Balaban J connectivity index is 1.70. The summed E-state index contributed by atoms with van der Waals surface area (Å²) in [4.78, 5) is 27.1. The largest absolute Gasteiger partial charge is 0.271 e. The summed E-state index contributed by atoms with van der Waals surface area (Å²) >= 11 is 0. The van der Waals surface area contributed by atoms with E-state index in [1.54, 1.807) is 5.01 Å². The van der Waals surface area contributed by atoms with Crippen LogP contribution in [0.25, 0.3) is 0 Å². The Hall–Kier alpha value is -3.02. The topological polar surface area (TPSA) is 65.3 Å². The van der Waals surface area contributed by atoms with Crippen molar-refractivity contribution in [3.05, 3.63) is 59.2 Å². The zero-order valence-corrected chi connectivity index (χ0v) is 15.0. The number of anilines is 2. The molecule has 0 aromatic heterocycles. The van der Waals surface area contributed by atoms with Crippen LogP contribution in [-0.2, 0) is 16.0 Å². The van der Waals surface area contributed by atoms with Crippen LogP contribution < -0.4 is 9.91 Å². The molecule has 2 aliphatic heterocycles. The highest BCUT2D eigenvalue weighted by atomic mass is 16.2. The number of hydrogen-bond donors (Lipinski definition) is 0. The van der Waals surface area contributed by atoms with Crippen LogP contribution in [0.2, 0.25) is 0 Å². The first kappa shape index (κ1) is 16.4. The molecule has 0 saturated carbocycles. The van der Waals surface area contributed by atoms with Gasteiger partial charge in [0.2, 0.25) is 0 Å². The number of carbonyl (C=O) groups excluding carboxylic acids is 2. The van der Waals surface area contributed by atoms with Gasteiger partial charge >= 0.3 is 0 Å². The van der Waals surface area contributed by atoms with Gasteiger partial charge in [-0.1, -0.05) is 36.4 Å². The van der Waals surface area contributed by atoms with E-state index in [0.29, 0.717) is 5.69 Å². The zero-order valence-electron chi connectivity index (χ0n) is 15.0. The number of carbonyl (C=O) groups is 2. The lowest BCUT2D eigenvalue weighted by atomic mass is 10.1. The number of rotatable bonds is 3. The van der Waals surface area contributed by atoms with Crippen molar-refractivity contribution in [2.75, 3.05) is 9.91 Å². The van der Waals surface area contributed by atoms with Crippen molar-refractivity contribution < 1.29 is 9.59 Å². The van der Waals surface area contributed by atoms with Crippen LogP contribution in [0.15, 0.2) is 52.8 Å². The lowest BCUT2D eigenvalue weighted by Crippen LogP contribution is -2.40. The lowest BCUT2D eigenvalue weighted by Gasteiger charge is -2.22. The van der Waals surface area contributed by atoms with Gasteiger partial charge in [-0.15, -0.1) is 0 Å². The Morgan fingerprint density at radius 1 is 1.00 bits per heavy atom. The molecule has 2 heterocycles. The third kappa shape index (κ3) is 2.33. The predicted molar refractivity (Wildman–Crippen MR) is 99.1 cm³/mol. The van der Waals surface area contributed by atoms with Crippen molar-refractivity contribution in [3.8, 4) is 0 Å². The molecule has 0 spiro atoms. The number of imide groups is 1. The summed E-state index contributed by atoms with van der Waals surface area (Å²) in [7, 11) is 0. The second-order valence-corrected chi connectivity index (χ2v) is 6.69. The Kier molecular flexibility index (Phi) is 3.83.